The van der Waals surface area contributed by atoms with Gasteiger partial charge in [0.1, 0.15) is 0 Å². The van der Waals surface area contributed by atoms with Crippen molar-refractivity contribution < 1.29 is 45.4 Å². The molecule has 1 aromatic heterocycles. The zero-order valence-corrected chi connectivity index (χ0v) is 15.1. The summed E-state index contributed by atoms with van der Waals surface area (Å²) in [4.78, 5) is 31.5. The third-order valence-electron chi connectivity index (χ3n) is 3.45. The SMILES string of the molecule is COc1cc(OC)nc(NC(=O)NC(=O)c2c(C(F)(F)F)cccc2C(F)(F)F)n1. The van der Waals surface area contributed by atoms with E-state index < -0.39 is 46.9 Å². The van der Waals surface area contributed by atoms with Crippen LogP contribution in [0.2, 0.25) is 0 Å². The average Bonchev–Trinajstić information content (AvgIpc) is 2.65. The van der Waals surface area contributed by atoms with Crippen molar-refractivity contribution in [1.82, 2.24) is 15.3 Å². The van der Waals surface area contributed by atoms with E-state index in [1.54, 1.807) is 0 Å². The van der Waals surface area contributed by atoms with Crippen LogP contribution >= 0.6 is 0 Å². The molecule has 0 fully saturated rings. The zero-order chi connectivity index (χ0) is 22.7. The molecule has 8 nitrogen and oxygen atoms in total. The van der Waals surface area contributed by atoms with Gasteiger partial charge in [0.05, 0.1) is 37.0 Å². The van der Waals surface area contributed by atoms with Crippen molar-refractivity contribution in [2.24, 2.45) is 0 Å². The Hall–Kier alpha value is -3.58. The van der Waals surface area contributed by atoms with Crippen molar-refractivity contribution in [1.29, 1.82) is 0 Å². The number of rotatable bonds is 4. The van der Waals surface area contributed by atoms with E-state index in [4.69, 9.17) is 9.47 Å². The number of amides is 3. The summed E-state index contributed by atoms with van der Waals surface area (Å²) in [7, 11) is 2.45. The van der Waals surface area contributed by atoms with Gasteiger partial charge in [0.2, 0.25) is 17.7 Å². The number of methoxy groups -OCH3 is 2. The third kappa shape index (κ3) is 5.27. The number of benzene rings is 1. The quantitative estimate of drug-likeness (QED) is 0.709. The number of anilines is 1. The number of urea groups is 1. The standard InChI is InChI=1S/C16H12F6N4O4/c1-29-9-6-10(30-2)24-13(23-9)26-14(28)25-12(27)11-7(15(17,18)19)4-3-5-8(11)16(20,21)22/h3-6H,1-2H3,(H2,23,24,25,26,27,28). The number of nitrogens with zero attached hydrogens (tertiary/aromatic N) is 2. The van der Waals surface area contributed by atoms with Gasteiger partial charge in [-0.05, 0) is 12.1 Å². The van der Waals surface area contributed by atoms with Crippen LogP contribution in [0.4, 0.5) is 37.1 Å². The van der Waals surface area contributed by atoms with E-state index >= 15 is 0 Å². The van der Waals surface area contributed by atoms with E-state index in [9.17, 15) is 35.9 Å². The van der Waals surface area contributed by atoms with Gasteiger partial charge in [0.25, 0.3) is 5.91 Å². The lowest BCUT2D eigenvalue weighted by atomic mass is 9.99. The molecule has 3 amide bonds. The number of alkyl halides is 6. The van der Waals surface area contributed by atoms with E-state index in [0.29, 0.717) is 6.07 Å². The maximum absolute atomic E-state index is 13.1. The molecular formula is C16H12F6N4O4. The fourth-order valence-electron chi connectivity index (χ4n) is 2.24. The number of imide groups is 1. The van der Waals surface area contributed by atoms with Gasteiger partial charge in [-0.1, -0.05) is 6.07 Å². The Balaban J connectivity index is 2.35. The zero-order valence-electron chi connectivity index (χ0n) is 15.1. The Labute approximate surface area is 164 Å². The first-order valence-electron chi connectivity index (χ1n) is 7.73. The molecule has 30 heavy (non-hydrogen) atoms. The summed E-state index contributed by atoms with van der Waals surface area (Å²) in [5, 5.41) is 3.29. The lowest BCUT2D eigenvalue weighted by Crippen LogP contribution is -2.37. The first kappa shape index (κ1) is 22.7. The number of ether oxygens (including phenoxy) is 2. The maximum atomic E-state index is 13.1. The van der Waals surface area contributed by atoms with Gasteiger partial charge < -0.3 is 9.47 Å². The Bertz CT molecular complexity index is 907. The Morgan fingerprint density at radius 3 is 1.77 bits per heavy atom. The minimum atomic E-state index is -5.28. The second-order valence-corrected chi connectivity index (χ2v) is 5.41. The second-order valence-electron chi connectivity index (χ2n) is 5.41. The van der Waals surface area contributed by atoms with E-state index in [0.717, 1.165) is 0 Å². The number of carbonyl (C=O) groups excluding carboxylic acids is 2. The lowest BCUT2D eigenvalue weighted by molar-refractivity contribution is -0.143. The van der Waals surface area contributed by atoms with Crippen molar-refractivity contribution in [3.8, 4) is 11.8 Å². The summed E-state index contributed by atoms with van der Waals surface area (Å²) < 4.78 is 88.4. The monoisotopic (exact) mass is 438 g/mol. The first-order valence-corrected chi connectivity index (χ1v) is 7.73. The summed E-state index contributed by atoms with van der Waals surface area (Å²) in [6, 6.07) is 0.818. The van der Waals surface area contributed by atoms with Crippen LogP contribution in [0.3, 0.4) is 0 Å². The summed E-state index contributed by atoms with van der Waals surface area (Å²) >= 11 is 0. The van der Waals surface area contributed by atoms with Crippen LogP contribution in [0.1, 0.15) is 21.5 Å². The predicted molar refractivity (Wildman–Crippen MR) is 88.1 cm³/mol. The highest BCUT2D eigenvalue weighted by Crippen LogP contribution is 2.39. The number of hydrogen-bond acceptors (Lipinski definition) is 6. The third-order valence-corrected chi connectivity index (χ3v) is 3.45. The number of carbonyl (C=O) groups is 2. The molecule has 0 spiro atoms. The summed E-state index contributed by atoms with van der Waals surface area (Å²) in [6.45, 7) is 0. The minimum Gasteiger partial charge on any atom is -0.481 e. The maximum Gasteiger partial charge on any atom is 0.417 e. The molecule has 0 aliphatic carbocycles. The van der Waals surface area contributed by atoms with Crippen LogP contribution in [0.5, 0.6) is 11.8 Å². The minimum absolute atomic E-state index is 0.0785. The van der Waals surface area contributed by atoms with Crippen molar-refractivity contribution in [2.45, 2.75) is 12.4 Å². The number of nitrogens with one attached hydrogen (secondary N) is 2. The molecule has 0 aliphatic rings. The molecule has 0 saturated heterocycles. The second kappa shape index (κ2) is 8.42. The molecule has 0 atom stereocenters. The Morgan fingerprint density at radius 1 is 0.900 bits per heavy atom. The Kier molecular flexibility index (Phi) is 6.38. The van der Waals surface area contributed by atoms with Crippen molar-refractivity contribution in [3.05, 3.63) is 41.0 Å². The normalized spacial score (nSPS) is 11.6. The number of halogens is 6. The van der Waals surface area contributed by atoms with Gasteiger partial charge in [-0.3, -0.25) is 15.4 Å². The van der Waals surface area contributed by atoms with Crippen molar-refractivity contribution in [3.63, 3.8) is 0 Å². The summed E-state index contributed by atoms with van der Waals surface area (Å²) in [6.07, 6.45) is -10.6. The van der Waals surface area contributed by atoms with Crippen LogP contribution in [-0.4, -0.2) is 36.1 Å². The van der Waals surface area contributed by atoms with Crippen LogP contribution < -0.4 is 20.1 Å². The smallest absolute Gasteiger partial charge is 0.417 e. The van der Waals surface area contributed by atoms with Crippen molar-refractivity contribution in [2.75, 3.05) is 19.5 Å². The summed E-state index contributed by atoms with van der Waals surface area (Å²) in [5.41, 5.74) is -5.47. The fourth-order valence-corrected chi connectivity index (χ4v) is 2.24. The predicted octanol–water partition coefficient (Wildman–Crippen LogP) is 3.49. The lowest BCUT2D eigenvalue weighted by Gasteiger charge is -2.18. The molecule has 0 radical (unpaired) electrons. The Morgan fingerprint density at radius 2 is 1.37 bits per heavy atom. The topological polar surface area (TPSA) is 102 Å². The van der Waals surface area contributed by atoms with Crippen LogP contribution in [0.25, 0.3) is 0 Å². The highest BCUT2D eigenvalue weighted by Gasteiger charge is 2.43. The van der Waals surface area contributed by atoms with Gasteiger partial charge in [-0.25, -0.2) is 4.79 Å². The highest BCUT2D eigenvalue weighted by molar-refractivity contribution is 6.09. The number of aromatic nitrogens is 2. The van der Waals surface area contributed by atoms with Gasteiger partial charge in [0.15, 0.2) is 0 Å². The van der Waals surface area contributed by atoms with Gasteiger partial charge in [-0.2, -0.15) is 36.3 Å². The molecule has 0 aliphatic heterocycles. The average molecular weight is 438 g/mol. The highest BCUT2D eigenvalue weighted by atomic mass is 19.4. The van der Waals surface area contributed by atoms with E-state index in [1.807, 2.05) is 5.32 Å². The number of hydrogen-bond donors (Lipinski definition) is 2. The molecule has 14 heteroatoms. The molecule has 2 N–H and O–H groups in total. The van der Waals surface area contributed by atoms with E-state index in [-0.39, 0.29) is 23.9 Å². The van der Waals surface area contributed by atoms with Crippen LogP contribution in [0, 0.1) is 0 Å². The largest absolute Gasteiger partial charge is 0.481 e. The van der Waals surface area contributed by atoms with Crippen molar-refractivity contribution >= 4 is 17.9 Å². The molecule has 0 saturated carbocycles. The molecule has 2 rings (SSSR count). The molecule has 0 unspecified atom stereocenters. The van der Waals surface area contributed by atoms with Crippen LogP contribution in [-0.2, 0) is 12.4 Å². The molecule has 1 aromatic carbocycles. The fraction of sp³-hybridized carbons (Fsp3) is 0.250. The van der Waals surface area contributed by atoms with Crippen LogP contribution in [0.15, 0.2) is 24.3 Å². The van der Waals surface area contributed by atoms with Gasteiger partial charge >= 0.3 is 18.4 Å². The first-order chi connectivity index (χ1) is 13.9. The van der Waals surface area contributed by atoms with Gasteiger partial charge in [0, 0.05) is 0 Å². The summed E-state index contributed by atoms with van der Waals surface area (Å²) in [5.74, 6) is -2.57. The molecule has 162 valence electrons. The van der Waals surface area contributed by atoms with E-state index in [2.05, 4.69) is 9.97 Å². The van der Waals surface area contributed by atoms with E-state index in [1.165, 1.54) is 25.6 Å². The molecule has 0 bridgehead atoms. The van der Waals surface area contributed by atoms with Gasteiger partial charge in [-0.15, -0.1) is 0 Å². The molecular weight excluding hydrogens is 426 g/mol. The molecule has 2 aromatic rings. The molecule has 1 heterocycles.